The van der Waals surface area contributed by atoms with Gasteiger partial charge in [-0.2, -0.15) is 10.5 Å². The van der Waals surface area contributed by atoms with Gasteiger partial charge in [-0.05, 0) is 23.8 Å². The Morgan fingerprint density at radius 1 is 1.16 bits per heavy atom. The molecule has 0 aliphatic carbocycles. The smallest absolute Gasteiger partial charge is 0.270 e. The lowest BCUT2D eigenvalue weighted by molar-refractivity contribution is -0.384. The number of anilines is 1. The highest BCUT2D eigenvalue weighted by atomic mass is 35.5. The number of non-ortho nitro benzene ring substituents is 1. The minimum atomic E-state index is -0.631. The number of rotatable bonds is 6. The number of hydrogen-bond donors (Lipinski definition) is 1. The summed E-state index contributed by atoms with van der Waals surface area (Å²) in [6, 6.07) is 14.1. The van der Waals surface area contributed by atoms with Crippen LogP contribution in [0, 0.1) is 32.8 Å². The molecular weight excluding hydrogens is 473 g/mol. The molecule has 0 atom stereocenters. The van der Waals surface area contributed by atoms with E-state index >= 15 is 0 Å². The molecule has 0 unspecified atom stereocenters. The number of ketones is 1. The van der Waals surface area contributed by atoms with Gasteiger partial charge in [0.1, 0.15) is 28.5 Å². The first-order valence-electron chi connectivity index (χ1n) is 8.76. The fourth-order valence-electron chi connectivity index (χ4n) is 2.89. The van der Waals surface area contributed by atoms with E-state index in [4.69, 9.17) is 28.9 Å². The van der Waals surface area contributed by atoms with E-state index in [1.165, 1.54) is 12.1 Å². The first-order chi connectivity index (χ1) is 15.3. The number of nitro groups is 1. The van der Waals surface area contributed by atoms with E-state index in [-0.39, 0.29) is 49.6 Å². The summed E-state index contributed by atoms with van der Waals surface area (Å²) in [6.07, 6.45) is 0. The van der Waals surface area contributed by atoms with Crippen molar-refractivity contribution in [1.82, 2.24) is 4.98 Å². The third-order valence-corrected chi connectivity index (χ3v) is 5.87. The van der Waals surface area contributed by atoms with Gasteiger partial charge in [-0.25, -0.2) is 4.98 Å². The second kappa shape index (κ2) is 9.67. The molecule has 0 amide bonds. The Morgan fingerprint density at radius 3 is 2.50 bits per heavy atom. The lowest BCUT2D eigenvalue weighted by atomic mass is 9.97. The Morgan fingerprint density at radius 2 is 1.88 bits per heavy atom. The molecule has 3 rings (SSSR count). The van der Waals surface area contributed by atoms with Crippen LogP contribution in [0.1, 0.15) is 21.5 Å². The molecule has 0 aliphatic heterocycles. The van der Waals surface area contributed by atoms with E-state index in [1.54, 1.807) is 24.3 Å². The molecule has 0 saturated heterocycles. The lowest BCUT2D eigenvalue weighted by Gasteiger charge is -2.13. The first-order valence-corrected chi connectivity index (χ1v) is 10.5. The number of nitrogens with two attached hydrogens (primary N) is 1. The molecule has 11 heteroatoms. The van der Waals surface area contributed by atoms with Gasteiger partial charge in [0.05, 0.1) is 21.3 Å². The SMILES string of the molecule is N#Cc1c(N)nc(SCC(=O)c2cc([N+](=O)[O-])ccc2Cl)c(C#N)c1-c1cccc(Cl)c1. The van der Waals surface area contributed by atoms with Crippen molar-refractivity contribution in [3.8, 4) is 23.3 Å². The molecule has 8 nitrogen and oxygen atoms in total. The fraction of sp³-hybridized carbons (Fsp3) is 0.0476. The van der Waals surface area contributed by atoms with Gasteiger partial charge in [0.15, 0.2) is 5.78 Å². The van der Waals surface area contributed by atoms with Crippen LogP contribution < -0.4 is 5.73 Å². The summed E-state index contributed by atoms with van der Waals surface area (Å²) in [6.45, 7) is 0. The third-order valence-electron chi connectivity index (χ3n) is 4.33. The van der Waals surface area contributed by atoms with Gasteiger partial charge in [0.25, 0.3) is 5.69 Å². The topological polar surface area (TPSA) is 147 Å². The van der Waals surface area contributed by atoms with E-state index in [0.717, 1.165) is 17.8 Å². The summed E-state index contributed by atoms with van der Waals surface area (Å²) < 4.78 is 0. The van der Waals surface area contributed by atoms with E-state index < -0.39 is 10.7 Å². The zero-order valence-electron chi connectivity index (χ0n) is 16.0. The molecule has 0 spiro atoms. The average molecular weight is 484 g/mol. The van der Waals surface area contributed by atoms with Crippen molar-refractivity contribution < 1.29 is 9.72 Å². The van der Waals surface area contributed by atoms with E-state index in [2.05, 4.69) is 4.98 Å². The largest absolute Gasteiger partial charge is 0.383 e. The number of carbonyl (C=O) groups is 1. The van der Waals surface area contributed by atoms with Gasteiger partial charge >= 0.3 is 0 Å². The van der Waals surface area contributed by atoms with Crippen LogP contribution in [0.3, 0.4) is 0 Å². The number of benzene rings is 2. The Labute approximate surface area is 196 Å². The van der Waals surface area contributed by atoms with Crippen LogP contribution in [0.25, 0.3) is 11.1 Å². The van der Waals surface area contributed by atoms with Crippen molar-refractivity contribution in [3.63, 3.8) is 0 Å². The maximum atomic E-state index is 12.7. The molecule has 0 aliphatic rings. The summed E-state index contributed by atoms with van der Waals surface area (Å²) in [7, 11) is 0. The van der Waals surface area contributed by atoms with Crippen LogP contribution in [0.2, 0.25) is 10.0 Å². The molecule has 0 radical (unpaired) electrons. The minimum absolute atomic E-state index is 0.0150. The van der Waals surface area contributed by atoms with Crippen LogP contribution in [0.4, 0.5) is 11.5 Å². The normalized spacial score (nSPS) is 10.2. The van der Waals surface area contributed by atoms with Gasteiger partial charge < -0.3 is 5.73 Å². The molecule has 1 heterocycles. The van der Waals surface area contributed by atoms with E-state index in [9.17, 15) is 25.4 Å². The second-order valence-corrected chi connectivity index (χ2v) is 8.10. The average Bonchev–Trinajstić information content (AvgIpc) is 2.77. The van der Waals surface area contributed by atoms with Crippen molar-refractivity contribution in [2.24, 2.45) is 0 Å². The quantitative estimate of drug-likeness (QED) is 0.216. The van der Waals surface area contributed by atoms with Gasteiger partial charge in [0.2, 0.25) is 0 Å². The summed E-state index contributed by atoms with van der Waals surface area (Å²) in [5.41, 5.74) is 6.48. The predicted molar refractivity (Wildman–Crippen MR) is 122 cm³/mol. The van der Waals surface area contributed by atoms with Gasteiger partial charge in [0, 0.05) is 28.3 Å². The lowest BCUT2D eigenvalue weighted by Crippen LogP contribution is -2.07. The number of nitriles is 2. The third kappa shape index (κ3) is 4.66. The van der Waals surface area contributed by atoms with Crippen LogP contribution in [-0.2, 0) is 0 Å². The number of Topliss-reactive ketones (excluding diaryl/α,β-unsaturated/α-hetero) is 1. The van der Waals surface area contributed by atoms with E-state index in [0.29, 0.717) is 10.6 Å². The summed E-state index contributed by atoms with van der Waals surface area (Å²) in [4.78, 5) is 27.2. The number of hydrogen-bond acceptors (Lipinski definition) is 8. The van der Waals surface area contributed by atoms with Crippen molar-refractivity contribution in [2.75, 3.05) is 11.5 Å². The molecule has 0 bridgehead atoms. The number of nitrogen functional groups attached to an aromatic ring is 1. The Balaban J connectivity index is 2.02. The number of aromatic nitrogens is 1. The number of thioether (sulfide) groups is 1. The molecule has 1 aromatic heterocycles. The number of nitrogens with zero attached hydrogens (tertiary/aromatic N) is 4. The number of pyridine rings is 1. The van der Waals surface area contributed by atoms with Crippen molar-refractivity contribution in [2.45, 2.75) is 5.03 Å². The van der Waals surface area contributed by atoms with Gasteiger partial charge in [-0.3, -0.25) is 14.9 Å². The van der Waals surface area contributed by atoms with Gasteiger partial charge in [-0.1, -0.05) is 47.1 Å². The monoisotopic (exact) mass is 483 g/mol. The molecule has 32 heavy (non-hydrogen) atoms. The molecule has 2 aromatic carbocycles. The van der Waals surface area contributed by atoms with E-state index in [1.807, 2.05) is 12.1 Å². The van der Waals surface area contributed by atoms with Crippen LogP contribution >= 0.6 is 35.0 Å². The Kier molecular flexibility index (Phi) is 6.96. The highest BCUT2D eigenvalue weighted by Gasteiger charge is 2.22. The Bertz CT molecular complexity index is 1350. The number of halogens is 2. The first kappa shape index (κ1) is 23.0. The fourth-order valence-corrected chi connectivity index (χ4v) is 4.18. The minimum Gasteiger partial charge on any atom is -0.383 e. The second-order valence-electron chi connectivity index (χ2n) is 6.29. The maximum absolute atomic E-state index is 12.7. The molecule has 3 aromatic rings. The van der Waals surface area contributed by atoms with Crippen LogP contribution in [-0.4, -0.2) is 21.4 Å². The molecule has 0 fully saturated rings. The zero-order chi connectivity index (χ0) is 23.4. The van der Waals surface area contributed by atoms with Crippen molar-refractivity contribution in [1.29, 1.82) is 10.5 Å². The Hall–Kier alpha value is -3.63. The summed E-state index contributed by atoms with van der Waals surface area (Å²) >= 11 is 13.0. The molecule has 158 valence electrons. The predicted octanol–water partition coefficient (Wildman–Crippen LogP) is 5.26. The standard InChI is InChI=1S/C21H11Cl2N5O3S/c22-12-3-1-2-11(6-12)19-15(8-24)20(26)27-21(16(19)9-25)32-10-18(29)14-7-13(28(30)31)4-5-17(14)23/h1-7H,10H2,(H2,26,27). The number of carbonyl (C=O) groups excluding carboxylic acids is 1. The highest BCUT2D eigenvalue weighted by molar-refractivity contribution is 8.00. The van der Waals surface area contributed by atoms with Gasteiger partial charge in [-0.15, -0.1) is 0 Å². The van der Waals surface area contributed by atoms with Crippen molar-refractivity contribution in [3.05, 3.63) is 79.3 Å². The highest BCUT2D eigenvalue weighted by Crippen LogP contribution is 2.37. The molecule has 0 saturated carbocycles. The molecular formula is C21H11Cl2N5O3S. The van der Waals surface area contributed by atoms with Crippen LogP contribution in [0.5, 0.6) is 0 Å². The summed E-state index contributed by atoms with van der Waals surface area (Å²) in [5.74, 6) is -0.825. The van der Waals surface area contributed by atoms with Crippen molar-refractivity contribution >= 4 is 52.3 Å². The van der Waals surface area contributed by atoms with Crippen LogP contribution in [0.15, 0.2) is 47.5 Å². The zero-order valence-corrected chi connectivity index (χ0v) is 18.3. The maximum Gasteiger partial charge on any atom is 0.270 e. The number of nitro benzene ring substituents is 1. The molecule has 2 N–H and O–H groups in total. The summed E-state index contributed by atoms with van der Waals surface area (Å²) in [5, 5.41) is 31.0.